The van der Waals surface area contributed by atoms with E-state index in [1.54, 1.807) is 0 Å². The van der Waals surface area contributed by atoms with E-state index in [1.165, 1.54) is 12.8 Å². The van der Waals surface area contributed by atoms with Crippen LogP contribution >= 0.6 is 15.9 Å². The first-order valence-corrected chi connectivity index (χ1v) is 5.40. The molecule has 0 aliphatic heterocycles. The molecule has 1 unspecified atom stereocenters. The largest absolute Gasteiger partial charge is 0.481 e. The molecule has 0 aromatic carbocycles. The number of unbranched alkanes of at least 4 members (excludes halogenated alkanes) is 3. The standard InChI is InChI=1S/C9H17BrO2/c1-8(10)6-4-2-3-5-7-9(11)12/h8H,2-7H2,1H3,(H,11,12). The van der Waals surface area contributed by atoms with Crippen LogP contribution in [0.25, 0.3) is 0 Å². The normalized spacial score (nSPS) is 12.8. The van der Waals surface area contributed by atoms with E-state index in [4.69, 9.17) is 5.11 Å². The van der Waals surface area contributed by atoms with Crippen molar-refractivity contribution in [1.82, 2.24) is 0 Å². The molecule has 0 fully saturated rings. The lowest BCUT2D eigenvalue weighted by atomic mass is 10.1. The molecular weight excluding hydrogens is 220 g/mol. The van der Waals surface area contributed by atoms with Crippen molar-refractivity contribution in [3.8, 4) is 0 Å². The Morgan fingerprint density at radius 1 is 1.33 bits per heavy atom. The molecule has 0 bridgehead atoms. The number of alkyl halides is 1. The highest BCUT2D eigenvalue weighted by molar-refractivity contribution is 9.09. The highest BCUT2D eigenvalue weighted by Crippen LogP contribution is 2.11. The molecule has 12 heavy (non-hydrogen) atoms. The summed E-state index contributed by atoms with van der Waals surface area (Å²) >= 11 is 3.47. The summed E-state index contributed by atoms with van der Waals surface area (Å²) in [6.45, 7) is 2.14. The van der Waals surface area contributed by atoms with Crippen LogP contribution in [-0.2, 0) is 4.79 Å². The minimum absolute atomic E-state index is 0.323. The predicted octanol–water partition coefficient (Wildman–Crippen LogP) is 3.20. The van der Waals surface area contributed by atoms with E-state index in [0.29, 0.717) is 11.2 Å². The summed E-state index contributed by atoms with van der Waals surface area (Å²) < 4.78 is 0. The van der Waals surface area contributed by atoms with E-state index >= 15 is 0 Å². The van der Waals surface area contributed by atoms with Crippen molar-refractivity contribution >= 4 is 21.9 Å². The Bertz CT molecular complexity index is 124. The molecule has 1 atom stereocenters. The van der Waals surface area contributed by atoms with Crippen LogP contribution in [0.5, 0.6) is 0 Å². The molecule has 0 heterocycles. The lowest BCUT2D eigenvalue weighted by Gasteiger charge is -2.01. The summed E-state index contributed by atoms with van der Waals surface area (Å²) in [6.07, 6.45) is 5.74. The van der Waals surface area contributed by atoms with Gasteiger partial charge in [-0.1, -0.05) is 42.1 Å². The molecule has 0 saturated heterocycles. The Balaban J connectivity index is 2.96. The van der Waals surface area contributed by atoms with E-state index in [0.717, 1.165) is 19.3 Å². The molecule has 0 aromatic heterocycles. The Hall–Kier alpha value is -0.0500. The van der Waals surface area contributed by atoms with E-state index in [9.17, 15) is 4.79 Å². The average Bonchev–Trinajstić information content (AvgIpc) is 1.95. The van der Waals surface area contributed by atoms with Gasteiger partial charge in [-0.15, -0.1) is 0 Å². The van der Waals surface area contributed by atoms with Gasteiger partial charge in [0, 0.05) is 11.2 Å². The summed E-state index contributed by atoms with van der Waals surface area (Å²) in [5.41, 5.74) is 0. The van der Waals surface area contributed by atoms with E-state index in [2.05, 4.69) is 22.9 Å². The van der Waals surface area contributed by atoms with Crippen LogP contribution in [0.2, 0.25) is 0 Å². The topological polar surface area (TPSA) is 37.3 Å². The molecule has 72 valence electrons. The predicted molar refractivity (Wildman–Crippen MR) is 53.7 cm³/mol. The number of carboxylic acid groups (broad SMARTS) is 1. The van der Waals surface area contributed by atoms with Gasteiger partial charge >= 0.3 is 5.97 Å². The number of aliphatic carboxylic acids is 1. The van der Waals surface area contributed by atoms with Crippen LogP contribution in [0.4, 0.5) is 0 Å². The minimum Gasteiger partial charge on any atom is -0.481 e. The third-order valence-corrected chi connectivity index (χ3v) is 2.20. The van der Waals surface area contributed by atoms with Crippen LogP contribution < -0.4 is 0 Å². The van der Waals surface area contributed by atoms with Crippen molar-refractivity contribution < 1.29 is 9.90 Å². The number of carboxylic acids is 1. The highest BCUT2D eigenvalue weighted by atomic mass is 79.9. The molecule has 0 aliphatic rings. The molecule has 2 nitrogen and oxygen atoms in total. The molecule has 0 aromatic rings. The van der Waals surface area contributed by atoms with Crippen molar-refractivity contribution in [3.05, 3.63) is 0 Å². The summed E-state index contributed by atoms with van der Waals surface area (Å²) in [5.74, 6) is -0.677. The molecule has 0 aliphatic carbocycles. The van der Waals surface area contributed by atoms with E-state index in [-0.39, 0.29) is 0 Å². The second-order valence-electron chi connectivity index (χ2n) is 3.13. The fourth-order valence-corrected chi connectivity index (χ4v) is 1.38. The Morgan fingerprint density at radius 2 is 1.92 bits per heavy atom. The SMILES string of the molecule is CC(Br)CCCCCCC(=O)O. The summed E-state index contributed by atoms with van der Waals surface area (Å²) in [4.78, 5) is 10.7. The third kappa shape index (κ3) is 9.95. The Labute approximate surface area is 82.5 Å². The van der Waals surface area contributed by atoms with Crippen molar-refractivity contribution in [2.24, 2.45) is 0 Å². The second-order valence-corrected chi connectivity index (χ2v) is 4.69. The first-order valence-electron chi connectivity index (χ1n) is 4.49. The summed E-state index contributed by atoms with van der Waals surface area (Å²) in [6, 6.07) is 0. The van der Waals surface area contributed by atoms with Gasteiger partial charge in [-0.3, -0.25) is 4.79 Å². The van der Waals surface area contributed by atoms with Crippen LogP contribution in [-0.4, -0.2) is 15.9 Å². The number of carbonyl (C=O) groups is 1. The molecule has 0 rings (SSSR count). The first-order chi connectivity index (χ1) is 5.63. The number of rotatable bonds is 7. The number of hydrogen-bond donors (Lipinski definition) is 1. The fraction of sp³-hybridized carbons (Fsp3) is 0.889. The van der Waals surface area contributed by atoms with Gasteiger partial charge in [-0.25, -0.2) is 0 Å². The van der Waals surface area contributed by atoms with Crippen molar-refractivity contribution in [2.45, 2.75) is 50.3 Å². The van der Waals surface area contributed by atoms with Crippen LogP contribution in [0, 0.1) is 0 Å². The second kappa shape index (κ2) is 7.59. The average molecular weight is 237 g/mol. The molecular formula is C9H17BrO2. The third-order valence-electron chi connectivity index (χ3n) is 1.74. The van der Waals surface area contributed by atoms with E-state index < -0.39 is 5.97 Å². The Morgan fingerprint density at radius 3 is 2.42 bits per heavy atom. The lowest BCUT2D eigenvalue weighted by Crippen LogP contribution is -1.94. The van der Waals surface area contributed by atoms with Gasteiger partial charge in [-0.05, 0) is 12.8 Å². The molecule has 0 spiro atoms. The van der Waals surface area contributed by atoms with Gasteiger partial charge in [0.1, 0.15) is 0 Å². The molecule has 0 radical (unpaired) electrons. The maximum atomic E-state index is 10.1. The lowest BCUT2D eigenvalue weighted by molar-refractivity contribution is -0.137. The van der Waals surface area contributed by atoms with Gasteiger partial charge in [-0.2, -0.15) is 0 Å². The van der Waals surface area contributed by atoms with Crippen LogP contribution in [0.1, 0.15) is 45.4 Å². The minimum atomic E-state index is -0.677. The smallest absolute Gasteiger partial charge is 0.303 e. The van der Waals surface area contributed by atoms with Gasteiger partial charge in [0.2, 0.25) is 0 Å². The van der Waals surface area contributed by atoms with Crippen molar-refractivity contribution in [3.63, 3.8) is 0 Å². The zero-order chi connectivity index (χ0) is 9.40. The molecule has 3 heteroatoms. The van der Waals surface area contributed by atoms with Crippen LogP contribution in [0.3, 0.4) is 0 Å². The maximum absolute atomic E-state index is 10.1. The zero-order valence-corrected chi connectivity index (χ0v) is 9.14. The van der Waals surface area contributed by atoms with Gasteiger partial charge in [0.25, 0.3) is 0 Å². The van der Waals surface area contributed by atoms with Crippen molar-refractivity contribution in [2.75, 3.05) is 0 Å². The number of hydrogen-bond acceptors (Lipinski definition) is 1. The zero-order valence-electron chi connectivity index (χ0n) is 7.55. The monoisotopic (exact) mass is 236 g/mol. The Kier molecular flexibility index (Phi) is 7.56. The molecule has 0 amide bonds. The summed E-state index contributed by atoms with van der Waals surface area (Å²) in [5, 5.41) is 8.35. The number of halogens is 1. The van der Waals surface area contributed by atoms with E-state index in [1.807, 2.05) is 0 Å². The molecule has 0 saturated carbocycles. The summed E-state index contributed by atoms with van der Waals surface area (Å²) in [7, 11) is 0. The quantitative estimate of drug-likeness (QED) is 0.545. The van der Waals surface area contributed by atoms with Gasteiger partial charge < -0.3 is 5.11 Å². The maximum Gasteiger partial charge on any atom is 0.303 e. The van der Waals surface area contributed by atoms with Gasteiger partial charge in [0.15, 0.2) is 0 Å². The first kappa shape index (κ1) is 11.9. The fourth-order valence-electron chi connectivity index (χ4n) is 1.06. The molecule has 1 N–H and O–H groups in total. The van der Waals surface area contributed by atoms with Crippen LogP contribution in [0.15, 0.2) is 0 Å². The van der Waals surface area contributed by atoms with Crippen molar-refractivity contribution in [1.29, 1.82) is 0 Å². The van der Waals surface area contributed by atoms with Gasteiger partial charge in [0.05, 0.1) is 0 Å². The highest BCUT2D eigenvalue weighted by Gasteiger charge is 1.98.